The van der Waals surface area contributed by atoms with Gasteiger partial charge in [-0.1, -0.05) is 39.3 Å². The first-order valence-electron chi connectivity index (χ1n) is 22.1. The number of nitriles is 1. The molecule has 1 unspecified atom stereocenters. The number of hydrogen-bond donors (Lipinski definition) is 2. The van der Waals surface area contributed by atoms with Crippen LogP contribution >= 0.6 is 11.6 Å². The summed E-state index contributed by atoms with van der Waals surface area (Å²) in [6.45, 7) is 15.7. The molecule has 7 rings (SSSR count). The van der Waals surface area contributed by atoms with Crippen LogP contribution in [0.2, 0.25) is 5.02 Å². The summed E-state index contributed by atoms with van der Waals surface area (Å²) in [5, 5.41) is 15.2. The van der Waals surface area contributed by atoms with Crippen LogP contribution in [-0.4, -0.2) is 103 Å². The molecule has 3 aromatic carbocycles. The van der Waals surface area contributed by atoms with Gasteiger partial charge in [0.05, 0.1) is 16.1 Å². The molecule has 2 aliphatic heterocycles. The smallest absolute Gasteiger partial charge is 0.255 e. The maximum Gasteiger partial charge on any atom is 0.255 e. The van der Waals surface area contributed by atoms with E-state index in [1.54, 1.807) is 36.4 Å². The third-order valence-electron chi connectivity index (χ3n) is 13.9. The fourth-order valence-corrected chi connectivity index (χ4v) is 10.7. The standard InChI is InChI=1S/C49H59ClN6O7/c1-29(2)56(35-22-38(23-35)62-36-15-11-33(28-57)39(24-36)45(61)54(7)41-16-17-42(58)52-44(41)60)27-30-18-20-55(21-19-30)34-12-8-31(9-13-34)43(59)53-46-48(3,4)47(49(46,5)6)63-37-14-10-32(26-51)40(50)25-37/h8-15,24-25,28-30,35,38,41,46-47H,16-23,27H2,1-7H3,(H,53,59)(H,52,58,60)/t35-,38-,41?,46-,47-. The van der Waals surface area contributed by atoms with Gasteiger partial charge in [0.15, 0.2) is 6.29 Å². The Bertz CT molecular complexity index is 2260. The molecule has 4 amide bonds. The molecule has 4 aliphatic rings. The highest BCUT2D eigenvalue weighted by Gasteiger charge is 2.64. The van der Waals surface area contributed by atoms with Crippen molar-refractivity contribution in [1.82, 2.24) is 20.4 Å². The van der Waals surface area contributed by atoms with Crippen LogP contribution in [0.3, 0.4) is 0 Å². The van der Waals surface area contributed by atoms with E-state index in [1.165, 1.54) is 11.9 Å². The lowest BCUT2D eigenvalue weighted by Crippen LogP contribution is -2.74. The molecule has 4 fully saturated rings. The van der Waals surface area contributed by atoms with Crippen LogP contribution in [0.5, 0.6) is 11.5 Å². The Kier molecular flexibility index (Phi) is 13.3. The van der Waals surface area contributed by atoms with Crippen LogP contribution in [0.15, 0.2) is 60.7 Å². The summed E-state index contributed by atoms with van der Waals surface area (Å²) in [6, 6.07) is 19.7. The zero-order chi connectivity index (χ0) is 45.4. The molecule has 0 aromatic heterocycles. The van der Waals surface area contributed by atoms with Crippen LogP contribution in [0, 0.1) is 28.1 Å². The fraction of sp³-hybridized carbons (Fsp3) is 0.510. The van der Waals surface area contributed by atoms with Crippen LogP contribution in [-0.2, 0) is 9.59 Å². The van der Waals surface area contributed by atoms with Gasteiger partial charge in [-0.25, -0.2) is 0 Å². The first-order valence-corrected chi connectivity index (χ1v) is 22.4. The molecule has 3 aromatic rings. The van der Waals surface area contributed by atoms with Gasteiger partial charge in [0, 0.05) is 97.8 Å². The Balaban J connectivity index is 0.875. The number of nitrogens with zero attached hydrogens (tertiary/aromatic N) is 4. The normalized spacial score (nSPS) is 24.1. The minimum absolute atomic E-state index is 0.0289. The quantitative estimate of drug-likeness (QED) is 0.127. The van der Waals surface area contributed by atoms with Crippen molar-refractivity contribution >= 4 is 47.2 Å². The third kappa shape index (κ3) is 9.43. The monoisotopic (exact) mass is 878 g/mol. The number of anilines is 1. The van der Waals surface area contributed by atoms with Gasteiger partial charge in [-0.2, -0.15) is 5.26 Å². The summed E-state index contributed by atoms with van der Waals surface area (Å²) in [5.74, 6) is 0.167. The largest absolute Gasteiger partial charge is 0.490 e. The first-order chi connectivity index (χ1) is 29.9. The lowest BCUT2D eigenvalue weighted by atomic mass is 9.49. The highest BCUT2D eigenvalue weighted by atomic mass is 35.5. The van der Waals surface area contributed by atoms with Crippen molar-refractivity contribution in [3.8, 4) is 17.6 Å². The molecular formula is C49H59ClN6O7. The molecule has 2 saturated carbocycles. The highest BCUT2D eigenvalue weighted by molar-refractivity contribution is 6.31. The number of likely N-dealkylation sites (N-methyl/N-ethyl adjacent to an activating group) is 1. The predicted molar refractivity (Wildman–Crippen MR) is 240 cm³/mol. The Hall–Kier alpha value is -5.45. The van der Waals surface area contributed by atoms with E-state index in [1.807, 2.05) is 24.3 Å². The zero-order valence-electron chi connectivity index (χ0n) is 37.3. The summed E-state index contributed by atoms with van der Waals surface area (Å²) in [6.07, 6.45) is 4.61. The van der Waals surface area contributed by atoms with Crippen LogP contribution < -0.4 is 25.0 Å². The van der Waals surface area contributed by atoms with E-state index in [0.717, 1.165) is 51.0 Å². The van der Waals surface area contributed by atoms with Crippen LogP contribution in [0.25, 0.3) is 0 Å². The number of aldehydes is 1. The van der Waals surface area contributed by atoms with Crippen molar-refractivity contribution in [2.24, 2.45) is 16.7 Å². The number of ether oxygens (including phenoxy) is 2. The molecule has 14 heteroatoms. The molecule has 63 heavy (non-hydrogen) atoms. The summed E-state index contributed by atoms with van der Waals surface area (Å²) in [4.78, 5) is 69.3. The highest BCUT2D eigenvalue weighted by Crippen LogP contribution is 2.55. The molecular weight excluding hydrogens is 820 g/mol. The topological polar surface area (TPSA) is 161 Å². The van der Waals surface area contributed by atoms with E-state index in [4.69, 9.17) is 21.1 Å². The van der Waals surface area contributed by atoms with Gasteiger partial charge < -0.3 is 24.6 Å². The minimum Gasteiger partial charge on any atom is -0.490 e. The molecule has 2 aliphatic carbocycles. The summed E-state index contributed by atoms with van der Waals surface area (Å²) in [5.41, 5.74) is 1.77. The molecule has 0 spiro atoms. The maximum atomic E-state index is 13.6. The number of benzene rings is 3. The van der Waals surface area contributed by atoms with Crippen molar-refractivity contribution < 1.29 is 33.4 Å². The number of amides is 4. The molecule has 2 heterocycles. The molecule has 0 bridgehead atoms. The number of carbonyl (C=O) groups excluding carboxylic acids is 5. The average molecular weight is 879 g/mol. The van der Waals surface area contributed by atoms with Gasteiger partial charge >= 0.3 is 0 Å². The number of imide groups is 1. The molecule has 13 nitrogen and oxygen atoms in total. The number of carbonyl (C=O) groups is 5. The van der Waals surface area contributed by atoms with Gasteiger partial charge in [-0.3, -0.25) is 34.2 Å². The maximum absolute atomic E-state index is 13.6. The minimum atomic E-state index is -0.798. The van der Waals surface area contributed by atoms with E-state index in [2.05, 4.69) is 68.0 Å². The van der Waals surface area contributed by atoms with E-state index >= 15 is 0 Å². The second kappa shape index (κ2) is 18.3. The molecule has 2 N–H and O–H groups in total. The summed E-state index contributed by atoms with van der Waals surface area (Å²) < 4.78 is 12.7. The second-order valence-corrected chi connectivity index (χ2v) is 19.6. The van der Waals surface area contributed by atoms with Crippen LogP contribution in [0.4, 0.5) is 5.69 Å². The van der Waals surface area contributed by atoms with Crippen LogP contribution in [0.1, 0.15) is 117 Å². The van der Waals surface area contributed by atoms with Crippen molar-refractivity contribution in [3.05, 3.63) is 87.9 Å². The summed E-state index contributed by atoms with van der Waals surface area (Å²) in [7, 11) is 1.51. The number of nitrogens with one attached hydrogen (secondary N) is 2. The van der Waals surface area contributed by atoms with Crippen molar-refractivity contribution in [2.45, 2.75) is 116 Å². The van der Waals surface area contributed by atoms with Crippen molar-refractivity contribution in [2.75, 3.05) is 31.6 Å². The molecule has 1 atom stereocenters. The Morgan fingerprint density at radius 2 is 1.62 bits per heavy atom. The number of halogens is 1. The van der Waals surface area contributed by atoms with E-state index in [9.17, 15) is 29.2 Å². The average Bonchev–Trinajstić information content (AvgIpc) is 3.24. The Morgan fingerprint density at radius 3 is 2.22 bits per heavy atom. The third-order valence-corrected chi connectivity index (χ3v) is 14.2. The predicted octanol–water partition coefficient (Wildman–Crippen LogP) is 7.05. The van der Waals surface area contributed by atoms with Gasteiger partial charge in [-0.05, 0) is 93.6 Å². The van der Waals surface area contributed by atoms with Crippen molar-refractivity contribution in [3.63, 3.8) is 0 Å². The Labute approximate surface area is 375 Å². The molecule has 334 valence electrons. The lowest BCUT2D eigenvalue weighted by Gasteiger charge is -2.63. The molecule has 0 radical (unpaired) electrons. The van der Waals surface area contributed by atoms with Gasteiger partial charge in [-0.15, -0.1) is 0 Å². The van der Waals surface area contributed by atoms with E-state index < -0.39 is 17.9 Å². The summed E-state index contributed by atoms with van der Waals surface area (Å²) >= 11 is 6.26. The molecule has 2 saturated heterocycles. The number of rotatable bonds is 14. The fourth-order valence-electron chi connectivity index (χ4n) is 10.5. The van der Waals surface area contributed by atoms with Gasteiger partial charge in [0.1, 0.15) is 35.8 Å². The second-order valence-electron chi connectivity index (χ2n) is 19.2. The Morgan fingerprint density at radius 1 is 0.968 bits per heavy atom. The number of piperidine rings is 2. The number of hydrogen-bond acceptors (Lipinski definition) is 10. The van der Waals surface area contributed by atoms with E-state index in [0.29, 0.717) is 51.9 Å². The van der Waals surface area contributed by atoms with Gasteiger partial charge in [0.25, 0.3) is 11.8 Å². The van der Waals surface area contributed by atoms with Crippen molar-refractivity contribution in [1.29, 1.82) is 5.26 Å². The zero-order valence-corrected chi connectivity index (χ0v) is 38.0. The van der Waals surface area contributed by atoms with E-state index in [-0.39, 0.29) is 64.9 Å². The van der Waals surface area contributed by atoms with Gasteiger partial charge in [0.2, 0.25) is 11.8 Å². The SMILES string of the molecule is CC(C)N(CC1CCN(c2ccc(C(=O)N[C@H]3C(C)(C)[C@H](Oc4ccc(C#N)c(Cl)c4)C3(C)C)cc2)CC1)[C@H]1C[C@H](Oc2ccc(C=O)c(C(=O)N(C)C3CCC(=O)NC3=O)c2)C1. The first kappa shape index (κ1) is 45.6. The lowest BCUT2D eigenvalue weighted by molar-refractivity contribution is -0.164.